The number of rotatable bonds is 5. The molecule has 3 N–H and O–H groups in total. The molecule has 6 nitrogen and oxygen atoms in total. The Morgan fingerprint density at radius 2 is 2.00 bits per heavy atom. The van der Waals surface area contributed by atoms with Crippen LogP contribution in [0.15, 0.2) is 29.9 Å². The summed E-state index contributed by atoms with van der Waals surface area (Å²) in [5.74, 6) is 0.0879. The van der Waals surface area contributed by atoms with Crippen LogP contribution >= 0.6 is 36.2 Å². The third-order valence-corrected chi connectivity index (χ3v) is 4.87. The van der Waals surface area contributed by atoms with Crippen molar-refractivity contribution < 1.29 is 9.53 Å². The Morgan fingerprint density at radius 3 is 2.68 bits per heavy atom. The van der Waals surface area contributed by atoms with Gasteiger partial charge in [-0.2, -0.15) is 0 Å². The zero-order valence-corrected chi connectivity index (χ0v) is 16.0. The Kier molecular flexibility index (Phi) is 9.31. The zero-order valence-electron chi connectivity index (χ0n) is 13.6. The quantitative estimate of drug-likeness (QED) is 0.798. The van der Waals surface area contributed by atoms with Crippen LogP contribution in [0.4, 0.5) is 0 Å². The SMILES string of the molecule is Cl.Cl.NC(C(=O)NCc1nc(-c2ccncc2)cs1)C1CCOCC1. The van der Waals surface area contributed by atoms with E-state index in [1.807, 2.05) is 17.5 Å². The van der Waals surface area contributed by atoms with Crippen molar-refractivity contribution in [2.24, 2.45) is 11.7 Å². The van der Waals surface area contributed by atoms with Crippen LogP contribution in [0.1, 0.15) is 17.8 Å². The third-order valence-electron chi connectivity index (χ3n) is 4.02. The lowest BCUT2D eigenvalue weighted by Gasteiger charge is -2.26. The number of amides is 1. The van der Waals surface area contributed by atoms with Crippen molar-refractivity contribution >= 4 is 42.1 Å². The van der Waals surface area contributed by atoms with E-state index in [0.29, 0.717) is 19.8 Å². The number of carbonyl (C=O) groups excluding carboxylic acids is 1. The predicted molar refractivity (Wildman–Crippen MR) is 103 cm³/mol. The van der Waals surface area contributed by atoms with Gasteiger partial charge in [-0.25, -0.2) is 4.98 Å². The molecule has 0 radical (unpaired) electrons. The fourth-order valence-electron chi connectivity index (χ4n) is 2.62. The highest BCUT2D eigenvalue weighted by molar-refractivity contribution is 7.09. The minimum atomic E-state index is -0.474. The molecule has 1 unspecified atom stereocenters. The van der Waals surface area contributed by atoms with E-state index in [4.69, 9.17) is 10.5 Å². The molecule has 3 heterocycles. The molecule has 1 fully saturated rings. The van der Waals surface area contributed by atoms with Crippen LogP contribution < -0.4 is 11.1 Å². The minimum absolute atomic E-state index is 0. The van der Waals surface area contributed by atoms with E-state index in [1.165, 1.54) is 11.3 Å². The first kappa shape index (κ1) is 21.8. The van der Waals surface area contributed by atoms with Gasteiger partial charge < -0.3 is 15.8 Å². The van der Waals surface area contributed by atoms with Gasteiger partial charge in [-0.05, 0) is 30.9 Å². The minimum Gasteiger partial charge on any atom is -0.381 e. The Bertz CT molecular complexity index is 651. The van der Waals surface area contributed by atoms with Gasteiger partial charge in [0.2, 0.25) is 5.91 Å². The first-order chi connectivity index (χ1) is 11.2. The van der Waals surface area contributed by atoms with E-state index in [-0.39, 0.29) is 36.6 Å². The summed E-state index contributed by atoms with van der Waals surface area (Å²) in [6.45, 7) is 1.78. The number of aromatic nitrogens is 2. The largest absolute Gasteiger partial charge is 0.381 e. The molecule has 1 atom stereocenters. The van der Waals surface area contributed by atoms with Crippen molar-refractivity contribution in [1.29, 1.82) is 0 Å². The van der Waals surface area contributed by atoms with Crippen LogP contribution in [-0.2, 0) is 16.1 Å². The van der Waals surface area contributed by atoms with Gasteiger partial charge in [0.1, 0.15) is 5.01 Å². The first-order valence-corrected chi connectivity index (χ1v) is 8.58. The summed E-state index contributed by atoms with van der Waals surface area (Å²) in [5, 5.41) is 5.74. The fourth-order valence-corrected chi connectivity index (χ4v) is 3.36. The number of pyridine rings is 1. The van der Waals surface area contributed by atoms with Crippen molar-refractivity contribution in [3.05, 3.63) is 34.9 Å². The highest BCUT2D eigenvalue weighted by Gasteiger charge is 2.26. The molecule has 1 saturated heterocycles. The van der Waals surface area contributed by atoms with Crippen molar-refractivity contribution in [2.45, 2.75) is 25.4 Å². The molecule has 1 aliphatic heterocycles. The summed E-state index contributed by atoms with van der Waals surface area (Å²) in [5.41, 5.74) is 7.98. The maximum atomic E-state index is 12.2. The standard InChI is InChI=1S/C16H20N4O2S.2ClH/c17-15(12-3-7-22-8-4-12)16(21)19-9-14-20-13(10-23-14)11-1-5-18-6-2-11;;/h1-2,5-6,10,12,15H,3-4,7-9,17H2,(H,19,21);2*1H. The molecular weight excluding hydrogens is 383 g/mol. The molecule has 0 saturated carbocycles. The van der Waals surface area contributed by atoms with E-state index < -0.39 is 6.04 Å². The first-order valence-electron chi connectivity index (χ1n) is 7.70. The zero-order chi connectivity index (χ0) is 16.1. The summed E-state index contributed by atoms with van der Waals surface area (Å²) in [4.78, 5) is 20.7. The van der Waals surface area contributed by atoms with E-state index >= 15 is 0 Å². The second kappa shape index (κ2) is 10.7. The van der Waals surface area contributed by atoms with Crippen LogP contribution in [0.5, 0.6) is 0 Å². The van der Waals surface area contributed by atoms with Gasteiger partial charge in [-0.3, -0.25) is 9.78 Å². The summed E-state index contributed by atoms with van der Waals surface area (Å²) in [6.07, 6.45) is 5.17. The number of thiazole rings is 1. The van der Waals surface area contributed by atoms with E-state index in [9.17, 15) is 4.79 Å². The molecule has 1 amide bonds. The average Bonchev–Trinajstić information content (AvgIpc) is 3.09. The molecule has 3 rings (SSSR count). The Hall–Kier alpha value is -1.25. The van der Waals surface area contributed by atoms with Crippen LogP contribution in [0, 0.1) is 5.92 Å². The summed E-state index contributed by atoms with van der Waals surface area (Å²) < 4.78 is 5.30. The molecule has 138 valence electrons. The molecule has 9 heteroatoms. The number of nitrogens with zero attached hydrogens (tertiary/aromatic N) is 2. The monoisotopic (exact) mass is 404 g/mol. The van der Waals surface area contributed by atoms with Crippen LogP contribution in [0.25, 0.3) is 11.3 Å². The van der Waals surface area contributed by atoms with Crippen molar-refractivity contribution in [1.82, 2.24) is 15.3 Å². The van der Waals surface area contributed by atoms with Gasteiger partial charge in [0.15, 0.2) is 0 Å². The molecular formula is C16H22Cl2N4O2S. The van der Waals surface area contributed by atoms with Gasteiger partial charge >= 0.3 is 0 Å². The Labute approximate surface area is 163 Å². The van der Waals surface area contributed by atoms with Crippen molar-refractivity contribution in [3.63, 3.8) is 0 Å². The van der Waals surface area contributed by atoms with Crippen LogP contribution in [0.2, 0.25) is 0 Å². The molecule has 1 aliphatic rings. The van der Waals surface area contributed by atoms with Gasteiger partial charge in [0.25, 0.3) is 0 Å². The number of carbonyl (C=O) groups is 1. The summed E-state index contributed by atoms with van der Waals surface area (Å²) in [6, 6.07) is 3.36. The second-order valence-electron chi connectivity index (χ2n) is 5.56. The highest BCUT2D eigenvalue weighted by atomic mass is 35.5. The van der Waals surface area contributed by atoms with E-state index in [1.54, 1.807) is 12.4 Å². The predicted octanol–water partition coefficient (Wildman–Crippen LogP) is 2.42. The second-order valence-corrected chi connectivity index (χ2v) is 6.50. The Balaban J connectivity index is 0.00000156. The van der Waals surface area contributed by atoms with Gasteiger partial charge in [-0.1, -0.05) is 0 Å². The maximum absolute atomic E-state index is 12.2. The molecule has 0 bridgehead atoms. The topological polar surface area (TPSA) is 90.1 Å². The lowest BCUT2D eigenvalue weighted by Crippen LogP contribution is -2.46. The summed E-state index contributed by atoms with van der Waals surface area (Å²) >= 11 is 1.53. The number of nitrogens with one attached hydrogen (secondary N) is 1. The Morgan fingerprint density at radius 1 is 1.32 bits per heavy atom. The number of hydrogen-bond acceptors (Lipinski definition) is 6. The number of ether oxygens (including phenoxy) is 1. The van der Waals surface area contributed by atoms with Crippen LogP contribution in [-0.4, -0.2) is 35.1 Å². The molecule has 0 spiro atoms. The molecule has 0 aromatic carbocycles. The van der Waals surface area contributed by atoms with Crippen molar-refractivity contribution in [2.75, 3.05) is 13.2 Å². The van der Waals surface area contributed by atoms with Crippen molar-refractivity contribution in [3.8, 4) is 11.3 Å². The number of hydrogen-bond donors (Lipinski definition) is 2. The normalized spacial score (nSPS) is 15.6. The lowest BCUT2D eigenvalue weighted by molar-refractivity contribution is -0.124. The number of halogens is 2. The smallest absolute Gasteiger partial charge is 0.237 e. The van der Waals surface area contributed by atoms with Gasteiger partial charge in [-0.15, -0.1) is 36.2 Å². The highest BCUT2D eigenvalue weighted by Crippen LogP contribution is 2.21. The van der Waals surface area contributed by atoms with Crippen LogP contribution in [0.3, 0.4) is 0 Å². The van der Waals surface area contributed by atoms with E-state index in [0.717, 1.165) is 29.1 Å². The molecule has 2 aromatic rings. The molecule has 2 aromatic heterocycles. The molecule has 0 aliphatic carbocycles. The number of nitrogens with two attached hydrogens (primary N) is 1. The molecule has 25 heavy (non-hydrogen) atoms. The maximum Gasteiger partial charge on any atom is 0.237 e. The summed E-state index contributed by atoms with van der Waals surface area (Å²) in [7, 11) is 0. The van der Waals surface area contributed by atoms with Gasteiger partial charge in [0.05, 0.1) is 18.3 Å². The fraction of sp³-hybridized carbons (Fsp3) is 0.438. The van der Waals surface area contributed by atoms with E-state index in [2.05, 4.69) is 15.3 Å². The lowest BCUT2D eigenvalue weighted by atomic mass is 9.92. The average molecular weight is 405 g/mol. The third kappa shape index (κ3) is 5.90. The van der Waals surface area contributed by atoms with Gasteiger partial charge in [0, 0.05) is 36.6 Å².